The molecule has 2 saturated heterocycles. The molecule has 6 nitrogen and oxygen atoms in total. The third kappa shape index (κ3) is 4.25. The molecule has 2 fully saturated rings. The van der Waals surface area contributed by atoms with Gasteiger partial charge in [0.15, 0.2) is 24.2 Å². The zero-order chi connectivity index (χ0) is 19.8. The molecule has 0 saturated carbocycles. The minimum Gasteiger partial charge on any atom is -0.465 e. The van der Waals surface area contributed by atoms with E-state index in [9.17, 15) is 0 Å². The summed E-state index contributed by atoms with van der Waals surface area (Å²) in [7, 11) is 0. The number of hydrogen-bond acceptors (Lipinski definition) is 6. The molecule has 2 aromatic rings. The van der Waals surface area contributed by atoms with Crippen LogP contribution in [0, 0.1) is 0 Å². The average Bonchev–Trinajstić information content (AvgIpc) is 2.59. The lowest BCUT2D eigenvalue weighted by atomic mass is 10.1. The number of ether oxygens (including phenoxy) is 6. The van der Waals surface area contributed by atoms with Crippen LogP contribution in [-0.4, -0.2) is 37.4 Å². The molecule has 0 N–H and O–H groups in total. The number of hydrogen-bond donors (Lipinski definition) is 0. The molecule has 4 unspecified atom stereocenters. The first-order valence-electron chi connectivity index (χ1n) is 9.84. The first-order valence-corrected chi connectivity index (χ1v) is 9.84. The summed E-state index contributed by atoms with van der Waals surface area (Å²) >= 11 is 0. The Morgan fingerprint density at radius 2 is 1.46 bits per heavy atom. The van der Waals surface area contributed by atoms with Crippen molar-refractivity contribution in [2.24, 2.45) is 0 Å². The standard InChI is InChI=1S/C22H28O6/c1-15(27-21(3)10-12-23-21)25-18-9-8-17-6-5-7-20(19(17)14-18)26-16(2)28-22(4)11-13-24-22/h5-9,14-16H,10-13H2,1-4H3. The van der Waals surface area contributed by atoms with E-state index in [1.807, 2.05) is 64.1 Å². The highest BCUT2D eigenvalue weighted by molar-refractivity contribution is 5.89. The van der Waals surface area contributed by atoms with E-state index in [1.165, 1.54) is 0 Å². The highest BCUT2D eigenvalue weighted by atomic mass is 16.8. The van der Waals surface area contributed by atoms with Gasteiger partial charge >= 0.3 is 0 Å². The number of benzene rings is 2. The van der Waals surface area contributed by atoms with Gasteiger partial charge in [0.05, 0.1) is 13.2 Å². The maximum Gasteiger partial charge on any atom is 0.200 e. The summed E-state index contributed by atoms with van der Waals surface area (Å²) in [6.45, 7) is 9.05. The Kier molecular flexibility index (Phi) is 5.22. The van der Waals surface area contributed by atoms with Crippen molar-refractivity contribution in [2.45, 2.75) is 64.7 Å². The molecular formula is C22H28O6. The van der Waals surface area contributed by atoms with Gasteiger partial charge in [-0.3, -0.25) is 0 Å². The first-order chi connectivity index (χ1) is 13.3. The molecule has 28 heavy (non-hydrogen) atoms. The van der Waals surface area contributed by atoms with Gasteiger partial charge in [-0.2, -0.15) is 0 Å². The highest BCUT2D eigenvalue weighted by Crippen LogP contribution is 2.34. The summed E-state index contributed by atoms with van der Waals surface area (Å²) in [4.78, 5) is 0. The molecule has 2 aromatic carbocycles. The molecule has 2 aliphatic rings. The molecule has 2 aliphatic heterocycles. The number of rotatable bonds is 8. The first kappa shape index (κ1) is 19.5. The molecule has 0 bridgehead atoms. The van der Waals surface area contributed by atoms with Crippen LogP contribution in [-0.2, 0) is 18.9 Å². The second kappa shape index (κ2) is 7.52. The van der Waals surface area contributed by atoms with E-state index in [0.29, 0.717) is 5.75 Å². The average molecular weight is 388 g/mol. The summed E-state index contributed by atoms with van der Waals surface area (Å²) in [5.74, 6) is 0.352. The Balaban J connectivity index is 1.47. The quantitative estimate of drug-likeness (QED) is 0.616. The molecule has 0 spiro atoms. The van der Waals surface area contributed by atoms with Gasteiger partial charge in [-0.25, -0.2) is 0 Å². The van der Waals surface area contributed by atoms with Crippen LogP contribution in [0.3, 0.4) is 0 Å². The zero-order valence-corrected chi connectivity index (χ0v) is 16.9. The fraction of sp³-hybridized carbons (Fsp3) is 0.545. The van der Waals surface area contributed by atoms with Crippen molar-refractivity contribution < 1.29 is 28.4 Å². The molecule has 6 heteroatoms. The predicted octanol–water partition coefficient (Wildman–Crippen LogP) is 4.60. The minimum atomic E-state index is -0.551. The molecule has 2 heterocycles. The van der Waals surface area contributed by atoms with Crippen molar-refractivity contribution in [3.8, 4) is 11.5 Å². The normalized spacial score (nSPS) is 28.9. The molecule has 152 valence electrons. The van der Waals surface area contributed by atoms with Gasteiger partial charge in [0.1, 0.15) is 11.5 Å². The lowest BCUT2D eigenvalue weighted by Gasteiger charge is -2.39. The van der Waals surface area contributed by atoms with Crippen molar-refractivity contribution in [3.63, 3.8) is 0 Å². The molecule has 0 aliphatic carbocycles. The predicted molar refractivity (Wildman–Crippen MR) is 104 cm³/mol. The zero-order valence-electron chi connectivity index (χ0n) is 16.9. The van der Waals surface area contributed by atoms with Crippen molar-refractivity contribution in [2.75, 3.05) is 13.2 Å². The smallest absolute Gasteiger partial charge is 0.200 e. The second-order valence-corrected chi connectivity index (χ2v) is 7.71. The van der Waals surface area contributed by atoms with Gasteiger partial charge in [-0.15, -0.1) is 0 Å². The Bertz CT molecular complexity index is 827. The Morgan fingerprint density at radius 1 is 0.857 bits per heavy atom. The summed E-state index contributed by atoms with van der Waals surface area (Å²) in [6.07, 6.45) is 0.887. The Labute approximate surface area is 165 Å². The van der Waals surface area contributed by atoms with E-state index in [0.717, 1.165) is 42.6 Å². The van der Waals surface area contributed by atoms with Crippen molar-refractivity contribution >= 4 is 10.8 Å². The van der Waals surface area contributed by atoms with E-state index in [4.69, 9.17) is 28.4 Å². The topological polar surface area (TPSA) is 55.4 Å². The second-order valence-electron chi connectivity index (χ2n) is 7.71. The van der Waals surface area contributed by atoms with Crippen LogP contribution < -0.4 is 9.47 Å². The van der Waals surface area contributed by atoms with E-state index in [2.05, 4.69) is 0 Å². The van der Waals surface area contributed by atoms with E-state index >= 15 is 0 Å². The fourth-order valence-corrected chi connectivity index (χ4v) is 3.48. The molecular weight excluding hydrogens is 360 g/mol. The fourth-order valence-electron chi connectivity index (χ4n) is 3.48. The van der Waals surface area contributed by atoms with Crippen LogP contribution in [0.25, 0.3) is 10.8 Å². The van der Waals surface area contributed by atoms with Crippen LogP contribution >= 0.6 is 0 Å². The van der Waals surface area contributed by atoms with Crippen LogP contribution in [0.15, 0.2) is 36.4 Å². The Hall–Kier alpha value is -1.86. The summed E-state index contributed by atoms with van der Waals surface area (Å²) < 4.78 is 34.7. The lowest BCUT2D eigenvalue weighted by Crippen LogP contribution is -2.46. The van der Waals surface area contributed by atoms with E-state index in [1.54, 1.807) is 0 Å². The number of fused-ring (bicyclic) bond motifs is 1. The SMILES string of the molecule is CC(Oc1ccc2cccc(OC(C)OC3(C)CCO3)c2c1)OC1(C)CCO1. The van der Waals surface area contributed by atoms with Crippen LogP contribution in [0.5, 0.6) is 11.5 Å². The van der Waals surface area contributed by atoms with Crippen molar-refractivity contribution in [1.29, 1.82) is 0 Å². The van der Waals surface area contributed by atoms with Crippen LogP contribution in [0.1, 0.15) is 40.5 Å². The maximum atomic E-state index is 6.06. The van der Waals surface area contributed by atoms with Gasteiger partial charge in [0.25, 0.3) is 0 Å². The van der Waals surface area contributed by atoms with Crippen molar-refractivity contribution in [3.05, 3.63) is 36.4 Å². The Morgan fingerprint density at radius 3 is 2.04 bits per heavy atom. The van der Waals surface area contributed by atoms with E-state index in [-0.39, 0.29) is 0 Å². The van der Waals surface area contributed by atoms with Gasteiger partial charge in [0, 0.05) is 18.2 Å². The maximum absolute atomic E-state index is 6.06. The third-order valence-corrected chi connectivity index (χ3v) is 5.17. The summed E-state index contributed by atoms with van der Waals surface area (Å²) in [5, 5.41) is 2.01. The third-order valence-electron chi connectivity index (χ3n) is 5.17. The monoisotopic (exact) mass is 388 g/mol. The van der Waals surface area contributed by atoms with Gasteiger partial charge in [-0.05, 0) is 51.3 Å². The van der Waals surface area contributed by atoms with Gasteiger partial charge in [0.2, 0.25) is 0 Å². The minimum absolute atomic E-state index is 0.422. The van der Waals surface area contributed by atoms with Crippen LogP contribution in [0.4, 0.5) is 0 Å². The highest BCUT2D eigenvalue weighted by Gasteiger charge is 2.37. The molecule has 0 aromatic heterocycles. The summed E-state index contributed by atoms with van der Waals surface area (Å²) in [5.41, 5.74) is 0. The molecule has 0 amide bonds. The van der Waals surface area contributed by atoms with Gasteiger partial charge < -0.3 is 28.4 Å². The van der Waals surface area contributed by atoms with Gasteiger partial charge in [-0.1, -0.05) is 18.2 Å². The lowest BCUT2D eigenvalue weighted by molar-refractivity contribution is -0.335. The van der Waals surface area contributed by atoms with Crippen LogP contribution in [0.2, 0.25) is 0 Å². The molecule has 4 atom stereocenters. The molecule has 4 rings (SSSR count). The summed E-state index contributed by atoms with van der Waals surface area (Å²) in [6, 6.07) is 11.8. The largest absolute Gasteiger partial charge is 0.465 e. The van der Waals surface area contributed by atoms with Crippen molar-refractivity contribution in [1.82, 2.24) is 0 Å². The molecule has 0 radical (unpaired) electrons. The van der Waals surface area contributed by atoms with E-state index < -0.39 is 24.2 Å².